The van der Waals surface area contributed by atoms with E-state index < -0.39 is 0 Å². The number of nitrogens with one attached hydrogen (secondary N) is 2. The molecule has 0 aromatic rings. The molecule has 0 aromatic carbocycles. The van der Waals surface area contributed by atoms with Gasteiger partial charge in [0.25, 0.3) is 0 Å². The number of fused-ring (bicyclic) bond motifs is 1. The van der Waals surface area contributed by atoms with E-state index in [2.05, 4.69) is 62.7 Å². The third-order valence-electron chi connectivity index (χ3n) is 8.87. The summed E-state index contributed by atoms with van der Waals surface area (Å²) in [7, 11) is 2.11. The highest BCUT2D eigenvalue weighted by atomic mass is 15.2. The molecule has 192 valence electrons. The summed E-state index contributed by atoms with van der Waals surface area (Å²) < 4.78 is 0. The Labute approximate surface area is 210 Å². The van der Waals surface area contributed by atoms with E-state index in [1.54, 1.807) is 0 Å². The van der Waals surface area contributed by atoms with E-state index in [1.165, 1.54) is 69.2 Å². The van der Waals surface area contributed by atoms with Gasteiger partial charge in [0.05, 0.1) is 6.04 Å². The Morgan fingerprint density at radius 3 is 2.44 bits per heavy atom. The van der Waals surface area contributed by atoms with Gasteiger partial charge in [-0.2, -0.15) is 0 Å². The third-order valence-corrected chi connectivity index (χ3v) is 8.87. The van der Waals surface area contributed by atoms with Crippen molar-refractivity contribution in [2.75, 3.05) is 13.6 Å². The zero-order chi connectivity index (χ0) is 24.8. The molecule has 2 saturated carbocycles. The molecule has 3 aliphatic rings. The Bertz CT molecular complexity index is 736. The number of nitrogens with two attached hydrogens (primary N) is 1. The largest absolute Gasteiger partial charge is 0.399 e. The first-order valence-electron chi connectivity index (χ1n) is 13.9. The van der Waals surface area contributed by atoms with Crippen LogP contribution in [0.5, 0.6) is 0 Å². The quantitative estimate of drug-likeness (QED) is 0.178. The molecule has 4 heteroatoms. The number of unbranched alkanes of at least 4 members (excludes halogenated alkanes) is 2. The molecule has 0 aromatic heterocycles. The van der Waals surface area contributed by atoms with Crippen molar-refractivity contribution >= 4 is 0 Å². The predicted octanol–water partition coefficient (Wildman–Crippen LogP) is 6.10. The zero-order valence-corrected chi connectivity index (χ0v) is 22.4. The van der Waals surface area contributed by atoms with Crippen LogP contribution in [0.3, 0.4) is 0 Å². The number of likely N-dealkylation sites (tertiary alicyclic amines) is 1. The maximum atomic E-state index is 5.96. The van der Waals surface area contributed by atoms with Crippen molar-refractivity contribution in [2.45, 2.75) is 103 Å². The molecular weight excluding hydrogens is 416 g/mol. The third kappa shape index (κ3) is 6.93. The maximum absolute atomic E-state index is 5.96. The highest BCUT2D eigenvalue weighted by Crippen LogP contribution is 2.52. The SMILES string of the molecule is C=C(N)C(=C)CC(CC1CCC1)NC(=C)C1[C@H]2C[C@H]2CN1C(=C)CC(NC)C(C)CCCCC. The van der Waals surface area contributed by atoms with Crippen LogP contribution in [0.4, 0.5) is 0 Å². The summed E-state index contributed by atoms with van der Waals surface area (Å²) in [6.45, 7) is 23.1. The molecule has 3 fully saturated rings. The van der Waals surface area contributed by atoms with E-state index in [-0.39, 0.29) is 0 Å². The Morgan fingerprint density at radius 2 is 1.85 bits per heavy atom. The zero-order valence-electron chi connectivity index (χ0n) is 22.4. The van der Waals surface area contributed by atoms with Crippen molar-refractivity contribution < 1.29 is 0 Å². The first kappa shape index (κ1) is 26.9. The lowest BCUT2D eigenvalue weighted by Gasteiger charge is -2.38. The topological polar surface area (TPSA) is 53.3 Å². The lowest BCUT2D eigenvalue weighted by molar-refractivity contribution is 0.244. The summed E-state index contributed by atoms with van der Waals surface area (Å²) in [6.07, 6.45) is 13.7. The number of piperidine rings is 1. The van der Waals surface area contributed by atoms with Gasteiger partial charge in [-0.1, -0.05) is 78.7 Å². The van der Waals surface area contributed by atoms with Crippen LogP contribution < -0.4 is 16.4 Å². The summed E-state index contributed by atoms with van der Waals surface area (Å²) in [4.78, 5) is 2.58. The number of allylic oxidation sites excluding steroid dienone is 1. The lowest BCUT2D eigenvalue weighted by Crippen LogP contribution is -2.43. The molecule has 0 spiro atoms. The minimum atomic E-state index is 0.335. The van der Waals surface area contributed by atoms with E-state index in [1.807, 2.05) is 0 Å². The van der Waals surface area contributed by atoms with E-state index in [0.717, 1.165) is 42.7 Å². The first-order chi connectivity index (χ1) is 16.2. The van der Waals surface area contributed by atoms with Crippen molar-refractivity contribution in [3.8, 4) is 0 Å². The molecule has 4 nitrogen and oxygen atoms in total. The van der Waals surface area contributed by atoms with Crippen LogP contribution in [0.15, 0.2) is 49.0 Å². The normalized spacial score (nSPS) is 26.2. The molecule has 1 heterocycles. The van der Waals surface area contributed by atoms with Crippen LogP contribution in [0.1, 0.15) is 84.5 Å². The summed E-state index contributed by atoms with van der Waals surface area (Å²) >= 11 is 0. The smallest absolute Gasteiger partial charge is 0.0710 e. The summed E-state index contributed by atoms with van der Waals surface area (Å²) in [6, 6.07) is 1.18. The fourth-order valence-electron chi connectivity index (χ4n) is 6.21. The van der Waals surface area contributed by atoms with Gasteiger partial charge in [-0.3, -0.25) is 0 Å². The summed E-state index contributed by atoms with van der Waals surface area (Å²) in [5.41, 5.74) is 9.96. The van der Waals surface area contributed by atoms with Crippen LogP contribution in [-0.2, 0) is 0 Å². The van der Waals surface area contributed by atoms with Gasteiger partial charge >= 0.3 is 0 Å². The summed E-state index contributed by atoms with van der Waals surface area (Å²) in [5, 5.41) is 7.45. The fourth-order valence-corrected chi connectivity index (χ4v) is 6.21. The molecule has 0 radical (unpaired) electrons. The van der Waals surface area contributed by atoms with Crippen molar-refractivity contribution in [3.63, 3.8) is 0 Å². The van der Waals surface area contributed by atoms with Gasteiger partial charge in [0.15, 0.2) is 0 Å². The average molecular weight is 469 g/mol. The molecule has 4 N–H and O–H groups in total. The van der Waals surface area contributed by atoms with Crippen molar-refractivity contribution in [2.24, 2.45) is 29.4 Å². The molecule has 2 aliphatic carbocycles. The maximum Gasteiger partial charge on any atom is 0.0710 e. The molecule has 34 heavy (non-hydrogen) atoms. The average Bonchev–Trinajstić information content (AvgIpc) is 3.42. The lowest BCUT2D eigenvalue weighted by atomic mass is 9.79. The Balaban J connectivity index is 1.61. The Morgan fingerprint density at radius 1 is 1.12 bits per heavy atom. The van der Waals surface area contributed by atoms with E-state index in [4.69, 9.17) is 5.73 Å². The van der Waals surface area contributed by atoms with Gasteiger partial charge in [-0.25, -0.2) is 0 Å². The van der Waals surface area contributed by atoms with Gasteiger partial charge in [0, 0.05) is 42.1 Å². The number of rotatable bonds is 17. The first-order valence-corrected chi connectivity index (χ1v) is 13.9. The van der Waals surface area contributed by atoms with E-state index >= 15 is 0 Å². The van der Waals surface area contributed by atoms with E-state index in [0.29, 0.717) is 29.7 Å². The van der Waals surface area contributed by atoms with Gasteiger partial charge in [0.2, 0.25) is 0 Å². The minimum Gasteiger partial charge on any atom is -0.399 e. The van der Waals surface area contributed by atoms with Gasteiger partial charge in [-0.15, -0.1) is 0 Å². The second-order valence-electron chi connectivity index (χ2n) is 11.6. The Hall–Kier alpha value is -1.68. The fraction of sp³-hybridized carbons (Fsp3) is 0.733. The molecule has 0 bridgehead atoms. The summed E-state index contributed by atoms with van der Waals surface area (Å²) in [5.74, 6) is 3.01. The monoisotopic (exact) mass is 468 g/mol. The van der Waals surface area contributed by atoms with Crippen molar-refractivity contribution in [1.82, 2.24) is 15.5 Å². The van der Waals surface area contributed by atoms with Crippen molar-refractivity contribution in [1.29, 1.82) is 0 Å². The molecular formula is C30H52N4. The second-order valence-corrected chi connectivity index (χ2v) is 11.6. The van der Waals surface area contributed by atoms with Gasteiger partial charge in [0.1, 0.15) is 0 Å². The molecule has 3 rings (SSSR count). The highest BCUT2D eigenvalue weighted by molar-refractivity contribution is 5.25. The van der Waals surface area contributed by atoms with Crippen molar-refractivity contribution in [3.05, 3.63) is 49.0 Å². The predicted molar refractivity (Wildman–Crippen MR) is 147 cm³/mol. The molecule has 0 amide bonds. The van der Waals surface area contributed by atoms with Crippen LogP contribution >= 0.6 is 0 Å². The number of hydrogen-bond acceptors (Lipinski definition) is 4. The second kappa shape index (κ2) is 12.3. The number of hydrogen-bond donors (Lipinski definition) is 3. The molecule has 1 aliphatic heterocycles. The van der Waals surface area contributed by atoms with E-state index in [9.17, 15) is 0 Å². The Kier molecular flexibility index (Phi) is 9.76. The highest BCUT2D eigenvalue weighted by Gasteiger charge is 2.54. The van der Waals surface area contributed by atoms with Crippen LogP contribution in [0, 0.1) is 23.7 Å². The number of nitrogens with zero attached hydrogens (tertiary/aromatic N) is 1. The van der Waals surface area contributed by atoms with Gasteiger partial charge < -0.3 is 21.3 Å². The van der Waals surface area contributed by atoms with Crippen LogP contribution in [0.25, 0.3) is 0 Å². The minimum absolute atomic E-state index is 0.335. The standard InChI is InChI=1S/C30H52N4/c1-8-9-10-12-20(2)29(32-7)16-22(4)34-19-26-18-28(26)30(34)24(6)33-27(15-21(3)23(5)31)17-25-13-11-14-25/h20,25-30,32-33H,3-6,8-19,31H2,1-2,7H3/t20?,26-,27?,28-,29?,30?/m0/s1. The molecule has 4 unspecified atom stereocenters. The molecule has 6 atom stereocenters. The van der Waals surface area contributed by atoms with Crippen LogP contribution in [-0.4, -0.2) is 36.6 Å². The van der Waals surface area contributed by atoms with Gasteiger partial charge in [-0.05, 0) is 62.0 Å². The van der Waals surface area contributed by atoms with Crippen LogP contribution in [0.2, 0.25) is 0 Å². The molecule has 1 saturated heterocycles.